The van der Waals surface area contributed by atoms with Crippen LogP contribution in [0.2, 0.25) is 0 Å². The van der Waals surface area contributed by atoms with Gasteiger partial charge in [-0.15, -0.1) is 0 Å². The molecule has 1 aliphatic heterocycles. The molecule has 0 spiro atoms. The summed E-state index contributed by atoms with van der Waals surface area (Å²) in [6, 6.07) is 13.2. The zero-order chi connectivity index (χ0) is 21.6. The van der Waals surface area contributed by atoms with Crippen molar-refractivity contribution in [2.45, 2.75) is 10.9 Å². The minimum absolute atomic E-state index is 0.0147. The second kappa shape index (κ2) is 10.0. The molecule has 0 aliphatic carbocycles. The number of esters is 1. The number of ether oxygens (including phenoxy) is 3. The first-order valence-electron chi connectivity index (χ1n) is 9.58. The molecule has 2 aromatic rings. The number of carbonyl (C=O) groups excluding carboxylic acids is 1. The predicted octanol–water partition coefficient (Wildman–Crippen LogP) is 1.83. The van der Waals surface area contributed by atoms with Gasteiger partial charge in [-0.1, -0.05) is 18.2 Å². The summed E-state index contributed by atoms with van der Waals surface area (Å²) in [5.41, 5.74) is 1.16. The molecule has 1 heterocycles. The quantitative estimate of drug-likeness (QED) is 0.634. The Morgan fingerprint density at radius 1 is 1.13 bits per heavy atom. The molecule has 0 saturated carbocycles. The maximum atomic E-state index is 12.9. The molecule has 1 atom stereocenters. The zero-order valence-electron chi connectivity index (χ0n) is 17.0. The summed E-state index contributed by atoms with van der Waals surface area (Å²) in [5.74, 6) is 0.149. The summed E-state index contributed by atoms with van der Waals surface area (Å²) >= 11 is 0. The Kier molecular flexibility index (Phi) is 7.43. The molecule has 3 rings (SSSR count). The lowest BCUT2D eigenvalue weighted by molar-refractivity contribution is 0.0172. The fourth-order valence-electron chi connectivity index (χ4n) is 3.35. The highest BCUT2D eigenvalue weighted by atomic mass is 32.2. The van der Waals surface area contributed by atoms with Crippen LogP contribution < -0.4 is 9.46 Å². The van der Waals surface area contributed by atoms with E-state index < -0.39 is 16.0 Å². The summed E-state index contributed by atoms with van der Waals surface area (Å²) in [7, 11) is -0.964. The number of rotatable bonds is 8. The molecule has 1 fully saturated rings. The first-order chi connectivity index (χ1) is 14.4. The molecule has 1 unspecified atom stereocenters. The highest BCUT2D eigenvalue weighted by molar-refractivity contribution is 7.89. The topological polar surface area (TPSA) is 94.2 Å². The highest BCUT2D eigenvalue weighted by Crippen LogP contribution is 2.24. The Hall–Kier alpha value is -2.46. The van der Waals surface area contributed by atoms with Crippen LogP contribution in [0.25, 0.3) is 0 Å². The number of carbonyl (C=O) groups is 1. The first kappa shape index (κ1) is 22.2. The normalized spacial score (nSPS) is 16.1. The third-order valence-corrected chi connectivity index (χ3v) is 6.44. The Balaban J connectivity index is 1.81. The summed E-state index contributed by atoms with van der Waals surface area (Å²) in [4.78, 5) is 13.9. The van der Waals surface area contributed by atoms with Crippen LogP contribution in [0.4, 0.5) is 0 Å². The number of methoxy groups -OCH3 is 2. The second-order valence-electron chi connectivity index (χ2n) is 6.81. The van der Waals surface area contributed by atoms with Gasteiger partial charge in [0.15, 0.2) is 0 Å². The van der Waals surface area contributed by atoms with E-state index in [9.17, 15) is 13.2 Å². The molecule has 8 nitrogen and oxygen atoms in total. The summed E-state index contributed by atoms with van der Waals surface area (Å²) in [6.45, 7) is 2.78. The Morgan fingerprint density at radius 3 is 2.47 bits per heavy atom. The van der Waals surface area contributed by atoms with Crippen molar-refractivity contribution in [3.63, 3.8) is 0 Å². The molecule has 0 aromatic heterocycles. The van der Waals surface area contributed by atoms with E-state index in [1.165, 1.54) is 31.4 Å². The van der Waals surface area contributed by atoms with Gasteiger partial charge in [0.25, 0.3) is 0 Å². The number of nitrogens with zero attached hydrogens (tertiary/aromatic N) is 1. The first-order valence-corrected chi connectivity index (χ1v) is 11.1. The van der Waals surface area contributed by atoms with Crippen molar-refractivity contribution in [1.82, 2.24) is 9.62 Å². The van der Waals surface area contributed by atoms with E-state index in [0.717, 1.165) is 11.3 Å². The molecule has 0 bridgehead atoms. The van der Waals surface area contributed by atoms with E-state index in [4.69, 9.17) is 9.47 Å². The van der Waals surface area contributed by atoms with Crippen LogP contribution in [0.5, 0.6) is 5.75 Å². The Morgan fingerprint density at radius 2 is 1.83 bits per heavy atom. The Bertz CT molecular complexity index is 956. The minimum Gasteiger partial charge on any atom is -0.497 e. The molecule has 1 N–H and O–H groups in total. The van der Waals surface area contributed by atoms with Gasteiger partial charge in [-0.25, -0.2) is 17.9 Å². The molecule has 0 radical (unpaired) electrons. The fraction of sp³-hybridized carbons (Fsp3) is 0.381. The molecule has 1 aliphatic rings. The number of benzene rings is 2. The van der Waals surface area contributed by atoms with Crippen LogP contribution in [-0.4, -0.2) is 66.4 Å². The molecular weight excluding hydrogens is 408 g/mol. The summed E-state index contributed by atoms with van der Waals surface area (Å²) in [5, 5.41) is 0. The van der Waals surface area contributed by atoms with Crippen molar-refractivity contribution >= 4 is 16.0 Å². The van der Waals surface area contributed by atoms with Crippen molar-refractivity contribution in [2.75, 3.05) is 47.1 Å². The van der Waals surface area contributed by atoms with Gasteiger partial charge in [-0.2, -0.15) is 0 Å². The van der Waals surface area contributed by atoms with Crippen molar-refractivity contribution in [3.05, 3.63) is 59.7 Å². The molecule has 0 amide bonds. The van der Waals surface area contributed by atoms with E-state index in [1.54, 1.807) is 7.11 Å². The van der Waals surface area contributed by atoms with E-state index in [-0.39, 0.29) is 23.0 Å². The van der Waals surface area contributed by atoms with Gasteiger partial charge in [0.05, 0.1) is 37.9 Å². The van der Waals surface area contributed by atoms with Crippen molar-refractivity contribution < 1.29 is 27.4 Å². The van der Waals surface area contributed by atoms with E-state index in [2.05, 4.69) is 14.4 Å². The van der Waals surface area contributed by atoms with E-state index >= 15 is 0 Å². The second-order valence-corrected chi connectivity index (χ2v) is 8.58. The van der Waals surface area contributed by atoms with E-state index in [0.29, 0.717) is 26.3 Å². The van der Waals surface area contributed by atoms with Gasteiger partial charge in [0.1, 0.15) is 5.75 Å². The van der Waals surface area contributed by atoms with Crippen LogP contribution in [0, 0.1) is 0 Å². The maximum absolute atomic E-state index is 12.9. The lowest BCUT2D eigenvalue weighted by atomic mass is 10.0. The van der Waals surface area contributed by atoms with Crippen molar-refractivity contribution in [2.24, 2.45) is 0 Å². The monoisotopic (exact) mass is 434 g/mol. The zero-order valence-corrected chi connectivity index (χ0v) is 17.9. The Labute approximate surface area is 176 Å². The summed E-state index contributed by atoms with van der Waals surface area (Å²) in [6.07, 6.45) is 0. The molecular formula is C21H26N2O6S. The van der Waals surface area contributed by atoms with Gasteiger partial charge in [-0.3, -0.25) is 4.90 Å². The van der Waals surface area contributed by atoms with Crippen LogP contribution in [0.3, 0.4) is 0 Å². The number of hydrogen-bond acceptors (Lipinski definition) is 7. The number of sulfonamides is 1. The molecule has 9 heteroatoms. The van der Waals surface area contributed by atoms with Crippen molar-refractivity contribution in [3.8, 4) is 5.75 Å². The third-order valence-electron chi connectivity index (χ3n) is 5.02. The van der Waals surface area contributed by atoms with Gasteiger partial charge < -0.3 is 14.2 Å². The van der Waals surface area contributed by atoms with Gasteiger partial charge in [0, 0.05) is 25.7 Å². The van der Waals surface area contributed by atoms with Crippen LogP contribution >= 0.6 is 0 Å². The lowest BCUT2D eigenvalue weighted by Crippen LogP contribution is -2.43. The van der Waals surface area contributed by atoms with Crippen molar-refractivity contribution in [1.29, 1.82) is 0 Å². The standard InChI is InChI=1S/C21H26N2O6S/c1-27-18-8-6-16(7-9-18)20(23-10-12-29-13-11-23)15-22-30(25,26)19-5-3-4-17(14-19)21(24)28-2/h3-9,14,20,22H,10-13,15H2,1-2H3. The third kappa shape index (κ3) is 5.37. The minimum atomic E-state index is -3.82. The van der Waals surface area contributed by atoms with Gasteiger partial charge >= 0.3 is 5.97 Å². The van der Waals surface area contributed by atoms with Crippen LogP contribution in [0.15, 0.2) is 53.4 Å². The molecule has 1 saturated heterocycles. The average molecular weight is 435 g/mol. The SMILES string of the molecule is COC(=O)c1cccc(S(=O)(=O)NCC(c2ccc(OC)cc2)N2CCOCC2)c1. The molecule has 2 aromatic carbocycles. The average Bonchev–Trinajstić information content (AvgIpc) is 2.80. The van der Waals surface area contributed by atoms with Gasteiger partial charge in [0.2, 0.25) is 10.0 Å². The highest BCUT2D eigenvalue weighted by Gasteiger charge is 2.25. The predicted molar refractivity (Wildman–Crippen MR) is 111 cm³/mol. The number of morpholine rings is 1. The molecule has 30 heavy (non-hydrogen) atoms. The fourth-order valence-corrected chi connectivity index (χ4v) is 4.44. The number of nitrogens with one attached hydrogen (secondary N) is 1. The smallest absolute Gasteiger partial charge is 0.337 e. The van der Waals surface area contributed by atoms with E-state index in [1.807, 2.05) is 24.3 Å². The number of hydrogen-bond donors (Lipinski definition) is 1. The van der Waals surface area contributed by atoms with Crippen LogP contribution in [0.1, 0.15) is 22.0 Å². The molecule has 162 valence electrons. The summed E-state index contributed by atoms with van der Waals surface area (Å²) < 4.78 is 43.8. The van der Waals surface area contributed by atoms with Gasteiger partial charge in [-0.05, 0) is 35.9 Å². The largest absolute Gasteiger partial charge is 0.497 e. The lowest BCUT2D eigenvalue weighted by Gasteiger charge is -2.35. The van der Waals surface area contributed by atoms with Crippen LogP contribution in [-0.2, 0) is 19.5 Å². The maximum Gasteiger partial charge on any atom is 0.337 e.